The molecule has 1 aliphatic heterocycles. The molecule has 1 aliphatic rings. The van der Waals surface area contributed by atoms with Crippen LogP contribution in [0.25, 0.3) is 0 Å². The SMILES string of the molecule is Cc1ccc(F)c(C(=O)N2CSC[C@H]2C(=O)O)c1F. The summed E-state index contributed by atoms with van der Waals surface area (Å²) in [6, 6.07) is 1.19. The summed E-state index contributed by atoms with van der Waals surface area (Å²) < 4.78 is 27.5. The zero-order chi connectivity index (χ0) is 14.2. The zero-order valence-electron chi connectivity index (χ0n) is 10.0. The molecule has 19 heavy (non-hydrogen) atoms. The van der Waals surface area contributed by atoms with Crippen molar-refractivity contribution >= 4 is 23.6 Å². The molecule has 7 heteroatoms. The molecule has 1 amide bonds. The summed E-state index contributed by atoms with van der Waals surface area (Å²) in [5, 5.41) is 8.98. The Hall–Kier alpha value is -1.63. The summed E-state index contributed by atoms with van der Waals surface area (Å²) in [5.41, 5.74) is -0.544. The van der Waals surface area contributed by atoms with Crippen LogP contribution in [0.15, 0.2) is 12.1 Å². The summed E-state index contributed by atoms with van der Waals surface area (Å²) in [5.74, 6) is -3.68. The molecule has 0 bridgehead atoms. The lowest BCUT2D eigenvalue weighted by atomic mass is 10.1. The molecule has 0 spiro atoms. The molecule has 0 aliphatic carbocycles. The number of thioether (sulfide) groups is 1. The van der Waals surface area contributed by atoms with Gasteiger partial charge >= 0.3 is 5.97 Å². The molecule has 1 saturated heterocycles. The third-order valence-corrected chi connectivity index (χ3v) is 3.94. The molecular formula is C12H11F2NO3S. The summed E-state index contributed by atoms with van der Waals surface area (Å²) in [7, 11) is 0. The van der Waals surface area contributed by atoms with Crippen molar-refractivity contribution in [1.29, 1.82) is 0 Å². The Morgan fingerprint density at radius 1 is 1.42 bits per heavy atom. The Kier molecular flexibility index (Phi) is 3.75. The third kappa shape index (κ3) is 2.42. The van der Waals surface area contributed by atoms with Gasteiger partial charge in [-0.1, -0.05) is 6.07 Å². The second kappa shape index (κ2) is 5.16. The lowest BCUT2D eigenvalue weighted by Crippen LogP contribution is -2.42. The van der Waals surface area contributed by atoms with E-state index in [-0.39, 0.29) is 17.2 Å². The molecule has 0 aromatic heterocycles. The van der Waals surface area contributed by atoms with Crippen LogP contribution in [0.5, 0.6) is 0 Å². The Labute approximate surface area is 112 Å². The quantitative estimate of drug-likeness (QED) is 0.902. The fraction of sp³-hybridized carbons (Fsp3) is 0.333. The number of hydrogen-bond acceptors (Lipinski definition) is 3. The van der Waals surface area contributed by atoms with Crippen molar-refractivity contribution in [2.24, 2.45) is 0 Å². The van der Waals surface area contributed by atoms with Gasteiger partial charge < -0.3 is 10.0 Å². The topological polar surface area (TPSA) is 57.6 Å². The van der Waals surface area contributed by atoms with Crippen LogP contribution in [0.3, 0.4) is 0 Å². The van der Waals surface area contributed by atoms with Gasteiger partial charge in [0, 0.05) is 5.75 Å². The van der Waals surface area contributed by atoms with E-state index in [1.54, 1.807) is 0 Å². The maximum absolute atomic E-state index is 13.9. The minimum atomic E-state index is -1.17. The third-order valence-electron chi connectivity index (χ3n) is 2.93. The van der Waals surface area contributed by atoms with Gasteiger partial charge in [-0.3, -0.25) is 4.79 Å². The molecule has 0 saturated carbocycles. The van der Waals surface area contributed by atoms with Crippen molar-refractivity contribution in [3.8, 4) is 0 Å². The van der Waals surface area contributed by atoms with Crippen LogP contribution in [0.1, 0.15) is 15.9 Å². The van der Waals surface area contributed by atoms with Crippen LogP contribution in [0.2, 0.25) is 0 Å². The van der Waals surface area contributed by atoms with Gasteiger partial charge in [-0.2, -0.15) is 0 Å². The summed E-state index contributed by atoms with van der Waals surface area (Å²) in [6.45, 7) is 1.42. The highest BCUT2D eigenvalue weighted by Gasteiger charge is 2.37. The number of aliphatic carboxylic acids is 1. The highest BCUT2D eigenvalue weighted by atomic mass is 32.2. The van der Waals surface area contributed by atoms with Crippen molar-refractivity contribution in [3.05, 3.63) is 34.9 Å². The van der Waals surface area contributed by atoms with Gasteiger partial charge in [0.05, 0.1) is 5.88 Å². The number of carbonyl (C=O) groups excluding carboxylic acids is 1. The summed E-state index contributed by atoms with van der Waals surface area (Å²) in [4.78, 5) is 24.1. The van der Waals surface area contributed by atoms with Gasteiger partial charge in [-0.05, 0) is 18.6 Å². The van der Waals surface area contributed by atoms with E-state index in [0.29, 0.717) is 0 Å². The predicted octanol–water partition coefficient (Wildman–Crippen LogP) is 1.87. The Balaban J connectivity index is 2.40. The maximum Gasteiger partial charge on any atom is 0.327 e. The molecule has 0 unspecified atom stereocenters. The van der Waals surface area contributed by atoms with E-state index in [9.17, 15) is 18.4 Å². The molecule has 0 radical (unpaired) electrons. The van der Waals surface area contributed by atoms with Crippen LogP contribution >= 0.6 is 11.8 Å². The average Bonchev–Trinajstić information content (AvgIpc) is 2.83. The lowest BCUT2D eigenvalue weighted by molar-refractivity contribution is -0.140. The predicted molar refractivity (Wildman–Crippen MR) is 66.0 cm³/mol. The Morgan fingerprint density at radius 2 is 2.11 bits per heavy atom. The van der Waals surface area contributed by atoms with Crippen molar-refractivity contribution < 1.29 is 23.5 Å². The minimum Gasteiger partial charge on any atom is -0.480 e. The molecule has 1 N–H and O–H groups in total. The number of benzene rings is 1. The first-order valence-electron chi connectivity index (χ1n) is 5.49. The van der Waals surface area contributed by atoms with E-state index in [1.807, 2.05) is 0 Å². The first-order chi connectivity index (χ1) is 8.93. The van der Waals surface area contributed by atoms with Crippen LogP contribution in [0, 0.1) is 18.6 Å². The Bertz CT molecular complexity index is 550. The number of halogens is 2. The van der Waals surface area contributed by atoms with Crippen LogP contribution in [-0.2, 0) is 4.79 Å². The molecule has 1 atom stereocenters. The standard InChI is InChI=1S/C12H11F2NO3S/c1-6-2-3-7(13)9(10(6)14)11(16)15-5-19-4-8(15)12(17)18/h2-3,8H,4-5H2,1H3,(H,17,18)/t8-/m0/s1. The molecule has 102 valence electrons. The van der Waals surface area contributed by atoms with Crippen LogP contribution in [0.4, 0.5) is 8.78 Å². The largest absolute Gasteiger partial charge is 0.480 e. The number of carboxylic acids is 1. The van der Waals surface area contributed by atoms with Gasteiger partial charge in [0.25, 0.3) is 5.91 Å². The van der Waals surface area contributed by atoms with E-state index in [1.165, 1.54) is 24.8 Å². The van der Waals surface area contributed by atoms with Crippen LogP contribution < -0.4 is 0 Å². The molecule has 1 heterocycles. The van der Waals surface area contributed by atoms with Gasteiger partial charge in [-0.25, -0.2) is 13.6 Å². The summed E-state index contributed by atoms with van der Waals surface area (Å²) in [6.07, 6.45) is 0. The van der Waals surface area contributed by atoms with Crippen molar-refractivity contribution in [3.63, 3.8) is 0 Å². The van der Waals surface area contributed by atoms with Crippen LogP contribution in [-0.4, -0.2) is 39.6 Å². The van der Waals surface area contributed by atoms with E-state index in [4.69, 9.17) is 5.11 Å². The van der Waals surface area contributed by atoms with E-state index < -0.39 is 35.1 Å². The van der Waals surface area contributed by atoms with Gasteiger partial charge in [0.15, 0.2) is 0 Å². The maximum atomic E-state index is 13.9. The molecule has 4 nitrogen and oxygen atoms in total. The number of rotatable bonds is 2. The number of aryl methyl sites for hydroxylation is 1. The monoisotopic (exact) mass is 287 g/mol. The van der Waals surface area contributed by atoms with Crippen molar-refractivity contribution in [1.82, 2.24) is 4.90 Å². The number of carboxylic acid groups (broad SMARTS) is 1. The molecule has 2 rings (SSSR count). The second-order valence-corrected chi connectivity index (χ2v) is 5.18. The lowest BCUT2D eigenvalue weighted by Gasteiger charge is -2.21. The zero-order valence-corrected chi connectivity index (χ0v) is 10.8. The number of hydrogen-bond donors (Lipinski definition) is 1. The van der Waals surface area contributed by atoms with Crippen molar-refractivity contribution in [2.45, 2.75) is 13.0 Å². The smallest absolute Gasteiger partial charge is 0.327 e. The van der Waals surface area contributed by atoms with E-state index in [2.05, 4.69) is 0 Å². The first kappa shape index (κ1) is 13.8. The fourth-order valence-corrected chi connectivity index (χ4v) is 2.99. The number of nitrogens with zero attached hydrogens (tertiary/aromatic N) is 1. The highest BCUT2D eigenvalue weighted by molar-refractivity contribution is 7.99. The molecular weight excluding hydrogens is 276 g/mol. The minimum absolute atomic E-state index is 0.114. The average molecular weight is 287 g/mol. The number of amides is 1. The van der Waals surface area contributed by atoms with Gasteiger partial charge in [-0.15, -0.1) is 11.8 Å². The fourth-order valence-electron chi connectivity index (χ4n) is 1.84. The summed E-state index contributed by atoms with van der Waals surface area (Å²) >= 11 is 1.24. The molecule has 1 fully saturated rings. The number of carbonyl (C=O) groups is 2. The Morgan fingerprint density at radius 3 is 2.74 bits per heavy atom. The highest BCUT2D eigenvalue weighted by Crippen LogP contribution is 2.26. The van der Waals surface area contributed by atoms with Gasteiger partial charge in [0.1, 0.15) is 23.2 Å². The molecule has 1 aromatic carbocycles. The first-order valence-corrected chi connectivity index (χ1v) is 6.65. The van der Waals surface area contributed by atoms with Gasteiger partial charge in [0.2, 0.25) is 0 Å². The van der Waals surface area contributed by atoms with E-state index in [0.717, 1.165) is 11.0 Å². The van der Waals surface area contributed by atoms with E-state index >= 15 is 0 Å². The molecule has 1 aromatic rings. The second-order valence-electron chi connectivity index (χ2n) is 4.18. The normalized spacial score (nSPS) is 18.7. The van der Waals surface area contributed by atoms with Crippen molar-refractivity contribution in [2.75, 3.05) is 11.6 Å².